The number of halogens is 1. The SMILES string of the molecule is CC(=O)CCC(F)CCC#N. The summed E-state index contributed by atoms with van der Waals surface area (Å²) in [5, 5.41) is 8.11. The molecule has 3 heteroatoms. The molecule has 0 heterocycles. The molecule has 11 heavy (non-hydrogen) atoms. The van der Waals surface area contributed by atoms with E-state index < -0.39 is 6.17 Å². The molecule has 2 nitrogen and oxygen atoms in total. The summed E-state index contributed by atoms with van der Waals surface area (Å²) in [5.41, 5.74) is 0. The van der Waals surface area contributed by atoms with Gasteiger partial charge in [0.1, 0.15) is 12.0 Å². The fraction of sp³-hybridized carbons (Fsp3) is 0.750. The molecule has 0 aliphatic rings. The maximum Gasteiger partial charge on any atom is 0.129 e. The van der Waals surface area contributed by atoms with Crippen molar-refractivity contribution in [2.75, 3.05) is 0 Å². The number of ketones is 1. The van der Waals surface area contributed by atoms with Gasteiger partial charge in [0.15, 0.2) is 0 Å². The Labute approximate surface area is 66.0 Å². The number of hydrogen-bond donors (Lipinski definition) is 0. The van der Waals surface area contributed by atoms with Crippen LogP contribution < -0.4 is 0 Å². The fourth-order valence-corrected chi connectivity index (χ4v) is 0.725. The predicted molar refractivity (Wildman–Crippen MR) is 39.7 cm³/mol. The van der Waals surface area contributed by atoms with Gasteiger partial charge in [0.25, 0.3) is 0 Å². The van der Waals surface area contributed by atoms with Crippen molar-refractivity contribution < 1.29 is 9.18 Å². The molecule has 0 aromatic carbocycles. The molecule has 0 spiro atoms. The number of nitriles is 1. The highest BCUT2D eigenvalue weighted by atomic mass is 19.1. The molecule has 0 amide bonds. The van der Waals surface area contributed by atoms with Crippen LogP contribution in [0.25, 0.3) is 0 Å². The van der Waals surface area contributed by atoms with E-state index in [9.17, 15) is 9.18 Å². The van der Waals surface area contributed by atoms with Gasteiger partial charge in [0.2, 0.25) is 0 Å². The Hall–Kier alpha value is -0.910. The summed E-state index contributed by atoms with van der Waals surface area (Å²) in [6.45, 7) is 1.44. The minimum absolute atomic E-state index is 0.00427. The summed E-state index contributed by atoms with van der Waals surface area (Å²) in [4.78, 5) is 10.4. The van der Waals surface area contributed by atoms with Gasteiger partial charge in [-0.15, -0.1) is 0 Å². The summed E-state index contributed by atoms with van der Waals surface area (Å²) < 4.78 is 12.6. The normalized spacial score (nSPS) is 12.1. The second kappa shape index (κ2) is 5.84. The Balaban J connectivity index is 3.31. The molecule has 0 bridgehead atoms. The standard InChI is InChI=1S/C8H12FNO/c1-7(11)4-5-8(9)3-2-6-10/h8H,2-5H2,1H3. The molecule has 1 unspecified atom stereocenters. The second-order valence-electron chi connectivity index (χ2n) is 2.53. The average Bonchev–Trinajstić information content (AvgIpc) is 1.97. The fourth-order valence-electron chi connectivity index (χ4n) is 0.725. The molecule has 0 saturated carbocycles. The van der Waals surface area contributed by atoms with E-state index in [2.05, 4.69) is 0 Å². The molecule has 0 aliphatic heterocycles. The number of carbonyl (C=O) groups is 1. The van der Waals surface area contributed by atoms with Crippen LogP contribution in [0, 0.1) is 11.3 Å². The summed E-state index contributed by atoms with van der Waals surface area (Å²) in [6, 6.07) is 1.86. The van der Waals surface area contributed by atoms with Crippen LogP contribution in [0.15, 0.2) is 0 Å². The Bertz CT molecular complexity index is 162. The van der Waals surface area contributed by atoms with Crippen molar-refractivity contribution in [3.63, 3.8) is 0 Å². The highest BCUT2D eigenvalue weighted by Gasteiger charge is 2.06. The maximum atomic E-state index is 12.6. The lowest BCUT2D eigenvalue weighted by Crippen LogP contribution is -2.02. The minimum Gasteiger partial charge on any atom is -0.300 e. The van der Waals surface area contributed by atoms with Crippen molar-refractivity contribution in [1.29, 1.82) is 5.26 Å². The molecule has 0 N–H and O–H groups in total. The zero-order chi connectivity index (χ0) is 8.69. The van der Waals surface area contributed by atoms with Crippen molar-refractivity contribution in [1.82, 2.24) is 0 Å². The van der Waals surface area contributed by atoms with Crippen LogP contribution in [0.1, 0.15) is 32.6 Å². The first-order valence-electron chi connectivity index (χ1n) is 3.67. The Kier molecular flexibility index (Phi) is 5.36. The van der Waals surface area contributed by atoms with Crippen LogP contribution in [0.5, 0.6) is 0 Å². The van der Waals surface area contributed by atoms with Crippen LogP contribution in [0.2, 0.25) is 0 Å². The Morgan fingerprint density at radius 2 is 2.27 bits per heavy atom. The third-order valence-corrected chi connectivity index (χ3v) is 1.38. The molecule has 0 radical (unpaired) electrons. The zero-order valence-electron chi connectivity index (χ0n) is 6.64. The summed E-state index contributed by atoms with van der Waals surface area (Å²) in [7, 11) is 0. The van der Waals surface area contributed by atoms with E-state index in [1.54, 1.807) is 0 Å². The van der Waals surface area contributed by atoms with E-state index in [1.807, 2.05) is 6.07 Å². The maximum absolute atomic E-state index is 12.6. The average molecular weight is 157 g/mol. The van der Waals surface area contributed by atoms with Gasteiger partial charge in [0.05, 0.1) is 6.07 Å². The molecule has 0 saturated heterocycles. The molecular formula is C8H12FNO. The van der Waals surface area contributed by atoms with Crippen molar-refractivity contribution in [3.8, 4) is 6.07 Å². The van der Waals surface area contributed by atoms with Gasteiger partial charge in [-0.05, 0) is 19.8 Å². The lowest BCUT2D eigenvalue weighted by molar-refractivity contribution is -0.117. The van der Waals surface area contributed by atoms with Crippen molar-refractivity contribution in [2.45, 2.75) is 38.8 Å². The van der Waals surface area contributed by atoms with Crippen LogP contribution in [-0.2, 0) is 4.79 Å². The number of alkyl halides is 1. The van der Waals surface area contributed by atoms with E-state index in [4.69, 9.17) is 5.26 Å². The van der Waals surface area contributed by atoms with Crippen molar-refractivity contribution in [3.05, 3.63) is 0 Å². The van der Waals surface area contributed by atoms with Gasteiger partial charge >= 0.3 is 0 Å². The van der Waals surface area contributed by atoms with Crippen LogP contribution in [0.3, 0.4) is 0 Å². The number of carbonyl (C=O) groups excluding carboxylic acids is 1. The molecule has 1 atom stereocenters. The predicted octanol–water partition coefficient (Wildman–Crippen LogP) is 2.00. The summed E-state index contributed by atoms with van der Waals surface area (Å²) >= 11 is 0. The van der Waals surface area contributed by atoms with Crippen LogP contribution in [-0.4, -0.2) is 12.0 Å². The lowest BCUT2D eigenvalue weighted by atomic mass is 10.1. The highest BCUT2D eigenvalue weighted by molar-refractivity contribution is 5.75. The molecular weight excluding hydrogens is 145 g/mol. The summed E-state index contributed by atoms with van der Waals surface area (Å²) in [5.74, 6) is 0.00427. The monoisotopic (exact) mass is 157 g/mol. The largest absolute Gasteiger partial charge is 0.300 e. The first-order chi connectivity index (χ1) is 5.16. The third-order valence-electron chi connectivity index (χ3n) is 1.38. The Morgan fingerprint density at radius 1 is 1.64 bits per heavy atom. The van der Waals surface area contributed by atoms with E-state index in [1.165, 1.54) is 6.92 Å². The van der Waals surface area contributed by atoms with Crippen molar-refractivity contribution >= 4 is 5.78 Å². The Morgan fingerprint density at radius 3 is 2.73 bits per heavy atom. The van der Waals surface area contributed by atoms with Gasteiger partial charge in [-0.1, -0.05) is 0 Å². The third kappa shape index (κ3) is 6.98. The van der Waals surface area contributed by atoms with E-state index in [0.717, 1.165) is 0 Å². The molecule has 62 valence electrons. The molecule has 0 rings (SSSR count). The zero-order valence-corrected chi connectivity index (χ0v) is 6.64. The van der Waals surface area contributed by atoms with E-state index in [0.29, 0.717) is 0 Å². The second-order valence-corrected chi connectivity index (χ2v) is 2.53. The topological polar surface area (TPSA) is 40.9 Å². The molecule has 0 aliphatic carbocycles. The smallest absolute Gasteiger partial charge is 0.129 e. The highest BCUT2D eigenvalue weighted by Crippen LogP contribution is 2.08. The number of hydrogen-bond acceptors (Lipinski definition) is 2. The number of rotatable bonds is 5. The van der Waals surface area contributed by atoms with E-state index in [-0.39, 0.29) is 31.5 Å². The van der Waals surface area contributed by atoms with E-state index >= 15 is 0 Å². The first-order valence-corrected chi connectivity index (χ1v) is 3.67. The summed E-state index contributed by atoms with van der Waals surface area (Å²) in [6.07, 6.45) is 0.0467. The first kappa shape index (κ1) is 10.1. The van der Waals surface area contributed by atoms with Gasteiger partial charge in [-0.3, -0.25) is 0 Å². The molecule has 0 aromatic rings. The van der Waals surface area contributed by atoms with Gasteiger partial charge in [0, 0.05) is 12.8 Å². The molecule has 0 fully saturated rings. The lowest BCUT2D eigenvalue weighted by Gasteiger charge is -2.02. The van der Waals surface area contributed by atoms with Gasteiger partial charge in [-0.2, -0.15) is 5.26 Å². The van der Waals surface area contributed by atoms with Crippen LogP contribution >= 0.6 is 0 Å². The quantitative estimate of drug-likeness (QED) is 0.612. The minimum atomic E-state index is -0.987. The number of nitrogens with zero attached hydrogens (tertiary/aromatic N) is 1. The number of Topliss-reactive ketones (excluding diaryl/α,β-unsaturated/α-hetero) is 1. The van der Waals surface area contributed by atoms with Gasteiger partial charge in [-0.25, -0.2) is 4.39 Å². The van der Waals surface area contributed by atoms with Gasteiger partial charge < -0.3 is 4.79 Å². The van der Waals surface area contributed by atoms with Crippen molar-refractivity contribution in [2.24, 2.45) is 0 Å². The van der Waals surface area contributed by atoms with Crippen LogP contribution in [0.4, 0.5) is 4.39 Å². The molecule has 0 aromatic heterocycles.